The van der Waals surface area contributed by atoms with Crippen LogP contribution in [0.25, 0.3) is 5.69 Å². The lowest BCUT2D eigenvalue weighted by Crippen LogP contribution is -2.30. The fourth-order valence-electron chi connectivity index (χ4n) is 2.86. The van der Waals surface area contributed by atoms with Gasteiger partial charge in [0.2, 0.25) is 0 Å². The van der Waals surface area contributed by atoms with Gasteiger partial charge in [-0.3, -0.25) is 4.79 Å². The molecule has 0 saturated carbocycles. The number of carbonyl (C=O) groups is 1. The number of nitrogens with zero attached hydrogens (tertiary/aromatic N) is 3. The monoisotopic (exact) mass is 395 g/mol. The van der Waals surface area contributed by atoms with Gasteiger partial charge in [0.05, 0.1) is 11.4 Å². The second kappa shape index (κ2) is 9.71. The predicted molar refractivity (Wildman–Crippen MR) is 106 cm³/mol. The molecule has 0 fully saturated rings. The molecule has 8 heteroatoms. The van der Waals surface area contributed by atoms with Gasteiger partial charge in [-0.1, -0.05) is 47.9 Å². The van der Waals surface area contributed by atoms with Crippen molar-refractivity contribution in [1.29, 1.82) is 0 Å². The molecule has 0 unspecified atom stereocenters. The number of aromatic nitrogens is 3. The topological polar surface area (TPSA) is 71.8 Å². The summed E-state index contributed by atoms with van der Waals surface area (Å²) >= 11 is 6.08. The molecule has 0 bridgehead atoms. The van der Waals surface area contributed by atoms with Crippen LogP contribution >= 0.6 is 24.0 Å². The van der Waals surface area contributed by atoms with Gasteiger partial charge in [0.25, 0.3) is 5.91 Å². The Balaban J connectivity index is 0.00000243. The van der Waals surface area contributed by atoms with E-state index in [1.54, 1.807) is 4.68 Å². The van der Waals surface area contributed by atoms with Gasteiger partial charge in [-0.15, -0.1) is 17.5 Å². The summed E-state index contributed by atoms with van der Waals surface area (Å²) in [4.78, 5) is 12.6. The molecule has 1 aromatic carbocycles. The van der Waals surface area contributed by atoms with Gasteiger partial charge < -0.3 is 10.6 Å². The lowest BCUT2D eigenvalue weighted by atomic mass is 10.1. The van der Waals surface area contributed by atoms with Crippen molar-refractivity contribution >= 4 is 29.9 Å². The number of hydrogen-bond acceptors (Lipinski definition) is 4. The number of rotatable bonds is 6. The summed E-state index contributed by atoms with van der Waals surface area (Å²) < 4.78 is 1.70. The summed E-state index contributed by atoms with van der Waals surface area (Å²) in [5, 5.41) is 15.2. The van der Waals surface area contributed by atoms with E-state index in [4.69, 9.17) is 11.6 Å². The molecule has 0 aliphatic carbocycles. The highest BCUT2D eigenvalue weighted by Crippen LogP contribution is 2.18. The maximum Gasteiger partial charge on any atom is 0.274 e. The fourth-order valence-corrected chi connectivity index (χ4v) is 3.05. The van der Waals surface area contributed by atoms with Crippen LogP contribution in [0.3, 0.4) is 0 Å². The first kappa shape index (κ1) is 20.4. The molecule has 140 valence electrons. The van der Waals surface area contributed by atoms with Gasteiger partial charge in [0, 0.05) is 18.1 Å². The van der Waals surface area contributed by atoms with E-state index in [9.17, 15) is 4.79 Å². The lowest BCUT2D eigenvalue weighted by Gasteiger charge is -2.14. The molecule has 0 saturated heterocycles. The Labute approximate surface area is 164 Å². The zero-order valence-electron chi connectivity index (χ0n) is 14.7. The number of benzene rings is 1. The van der Waals surface area contributed by atoms with Crippen LogP contribution in [-0.4, -0.2) is 40.5 Å². The molecule has 26 heavy (non-hydrogen) atoms. The molecule has 1 aliphatic rings. The Morgan fingerprint density at radius 2 is 2.27 bits per heavy atom. The van der Waals surface area contributed by atoms with Crippen LogP contribution < -0.4 is 10.6 Å². The number of amides is 1. The summed E-state index contributed by atoms with van der Waals surface area (Å²) in [5.41, 5.74) is 3.24. The SMILES string of the molecule is CCCc1c(C(=O)NCC2=CCNCC2)nnn1-c1cccc(Cl)c1.Cl. The molecular weight excluding hydrogens is 373 g/mol. The smallest absolute Gasteiger partial charge is 0.274 e. The summed E-state index contributed by atoms with van der Waals surface area (Å²) in [6.07, 6.45) is 4.69. The van der Waals surface area contributed by atoms with Crippen molar-refractivity contribution in [3.05, 3.63) is 52.3 Å². The maximum absolute atomic E-state index is 12.6. The van der Waals surface area contributed by atoms with Crippen molar-refractivity contribution in [3.63, 3.8) is 0 Å². The molecule has 2 aromatic rings. The fraction of sp³-hybridized carbons (Fsp3) is 0.389. The van der Waals surface area contributed by atoms with Gasteiger partial charge in [-0.2, -0.15) is 0 Å². The van der Waals surface area contributed by atoms with Crippen molar-refractivity contribution in [3.8, 4) is 5.69 Å². The molecule has 1 aromatic heterocycles. The Hall–Kier alpha value is -1.89. The Bertz CT molecular complexity index is 788. The van der Waals surface area contributed by atoms with E-state index in [1.807, 2.05) is 24.3 Å². The summed E-state index contributed by atoms with van der Waals surface area (Å²) in [6, 6.07) is 7.39. The second-order valence-electron chi connectivity index (χ2n) is 6.03. The van der Waals surface area contributed by atoms with Crippen molar-refractivity contribution in [2.75, 3.05) is 19.6 Å². The largest absolute Gasteiger partial charge is 0.347 e. The molecule has 0 radical (unpaired) electrons. The van der Waals surface area contributed by atoms with Crippen LogP contribution in [0.5, 0.6) is 0 Å². The third-order valence-electron chi connectivity index (χ3n) is 4.15. The third-order valence-corrected chi connectivity index (χ3v) is 4.39. The normalized spacial score (nSPS) is 13.7. The molecule has 0 spiro atoms. The zero-order valence-corrected chi connectivity index (χ0v) is 16.2. The second-order valence-corrected chi connectivity index (χ2v) is 6.46. The van der Waals surface area contributed by atoms with Gasteiger partial charge in [0.1, 0.15) is 0 Å². The minimum atomic E-state index is -0.184. The van der Waals surface area contributed by atoms with Crippen molar-refractivity contribution in [2.45, 2.75) is 26.2 Å². The highest BCUT2D eigenvalue weighted by Gasteiger charge is 2.20. The molecule has 2 heterocycles. The third kappa shape index (κ3) is 4.84. The number of halogens is 2. The Morgan fingerprint density at radius 1 is 1.42 bits per heavy atom. The Morgan fingerprint density at radius 3 is 2.96 bits per heavy atom. The van der Waals surface area contributed by atoms with E-state index in [2.05, 4.69) is 33.9 Å². The van der Waals surface area contributed by atoms with Crippen LogP contribution in [0, 0.1) is 0 Å². The average molecular weight is 396 g/mol. The van der Waals surface area contributed by atoms with Crippen LogP contribution in [0.1, 0.15) is 35.9 Å². The summed E-state index contributed by atoms with van der Waals surface area (Å²) in [5.74, 6) is -0.184. The van der Waals surface area contributed by atoms with E-state index >= 15 is 0 Å². The minimum absolute atomic E-state index is 0. The molecule has 1 aliphatic heterocycles. The summed E-state index contributed by atoms with van der Waals surface area (Å²) in [6.45, 7) is 4.43. The number of nitrogens with one attached hydrogen (secondary N) is 2. The van der Waals surface area contributed by atoms with Gasteiger partial charge in [-0.25, -0.2) is 4.68 Å². The van der Waals surface area contributed by atoms with E-state index in [0.29, 0.717) is 17.3 Å². The van der Waals surface area contributed by atoms with Crippen molar-refractivity contribution in [2.24, 2.45) is 0 Å². The molecule has 1 amide bonds. The van der Waals surface area contributed by atoms with E-state index in [-0.39, 0.29) is 18.3 Å². The van der Waals surface area contributed by atoms with Crippen LogP contribution in [0.4, 0.5) is 0 Å². The molecule has 2 N–H and O–H groups in total. The first-order valence-electron chi connectivity index (χ1n) is 8.56. The molecular formula is C18H23Cl2N5O. The van der Waals surface area contributed by atoms with Gasteiger partial charge >= 0.3 is 0 Å². The standard InChI is InChI=1S/C18H22ClN5O.ClH/c1-2-4-16-17(18(25)21-12-13-7-9-20-10-8-13)22-23-24(16)15-6-3-5-14(19)11-15;/h3,5-7,11,20H,2,4,8-10,12H2,1H3,(H,21,25);1H. The maximum atomic E-state index is 12.6. The minimum Gasteiger partial charge on any atom is -0.347 e. The highest BCUT2D eigenvalue weighted by molar-refractivity contribution is 6.30. The molecule has 3 rings (SSSR count). The van der Waals surface area contributed by atoms with E-state index < -0.39 is 0 Å². The lowest BCUT2D eigenvalue weighted by molar-refractivity contribution is 0.0950. The average Bonchev–Trinajstić information content (AvgIpc) is 3.05. The van der Waals surface area contributed by atoms with Crippen molar-refractivity contribution < 1.29 is 4.79 Å². The summed E-state index contributed by atoms with van der Waals surface area (Å²) in [7, 11) is 0. The van der Waals surface area contributed by atoms with E-state index in [1.165, 1.54) is 5.57 Å². The highest BCUT2D eigenvalue weighted by atomic mass is 35.5. The van der Waals surface area contributed by atoms with Gasteiger partial charge in [-0.05, 0) is 37.6 Å². The number of carbonyl (C=O) groups excluding carboxylic acids is 1. The van der Waals surface area contributed by atoms with Crippen molar-refractivity contribution in [1.82, 2.24) is 25.6 Å². The van der Waals surface area contributed by atoms with Crippen LogP contribution in [-0.2, 0) is 6.42 Å². The van der Waals surface area contributed by atoms with E-state index in [0.717, 1.165) is 43.7 Å². The van der Waals surface area contributed by atoms with Crippen LogP contribution in [0.15, 0.2) is 35.9 Å². The van der Waals surface area contributed by atoms with Gasteiger partial charge in [0.15, 0.2) is 5.69 Å². The zero-order chi connectivity index (χ0) is 17.6. The van der Waals surface area contributed by atoms with Crippen LogP contribution in [0.2, 0.25) is 5.02 Å². The first-order chi connectivity index (χ1) is 12.2. The quantitative estimate of drug-likeness (QED) is 0.737. The predicted octanol–water partition coefficient (Wildman–Crippen LogP) is 2.94. The first-order valence-corrected chi connectivity index (χ1v) is 8.94. The Kier molecular flexibility index (Phi) is 7.63. The molecule has 6 nitrogen and oxygen atoms in total. The number of hydrogen-bond donors (Lipinski definition) is 2. The molecule has 0 atom stereocenters.